The predicted molar refractivity (Wildman–Crippen MR) is 76.3 cm³/mol. The number of rotatable bonds is 3. The second kappa shape index (κ2) is 4.57. The lowest BCUT2D eigenvalue weighted by molar-refractivity contribution is 0.595. The molecule has 0 aromatic carbocycles. The van der Waals surface area contributed by atoms with Crippen molar-refractivity contribution in [2.75, 3.05) is 35.2 Å². The number of nitrogen functional groups attached to an aromatic ring is 1. The van der Waals surface area contributed by atoms with Gasteiger partial charge in [-0.25, -0.2) is 8.42 Å². The van der Waals surface area contributed by atoms with E-state index in [1.165, 1.54) is 11.5 Å². The lowest BCUT2D eigenvalue weighted by Gasteiger charge is -2.27. The lowest BCUT2D eigenvalue weighted by atomic mass is 10.5. The minimum atomic E-state index is -3.26. The fourth-order valence-corrected chi connectivity index (χ4v) is 6.05. The molecular weight excluding hydrogens is 290 g/mol. The molecule has 5 nitrogen and oxygen atoms in total. The van der Waals surface area contributed by atoms with Gasteiger partial charge in [-0.1, -0.05) is 0 Å². The zero-order valence-electron chi connectivity index (χ0n) is 9.83. The van der Waals surface area contributed by atoms with Crippen LogP contribution in [-0.4, -0.2) is 42.6 Å². The van der Waals surface area contributed by atoms with Gasteiger partial charge in [-0.15, -0.1) is 0 Å². The highest BCUT2D eigenvalue weighted by atomic mass is 32.2. The van der Waals surface area contributed by atoms with Crippen molar-refractivity contribution >= 4 is 44.0 Å². The molecule has 0 spiro atoms. The number of hydrogen-bond acceptors (Lipinski definition) is 7. The smallest absolute Gasteiger partial charge is 0.187 e. The summed E-state index contributed by atoms with van der Waals surface area (Å²) in [7, 11) is -3.26. The van der Waals surface area contributed by atoms with Crippen LogP contribution < -0.4 is 10.6 Å². The van der Waals surface area contributed by atoms with Crippen molar-refractivity contribution in [1.29, 1.82) is 0 Å². The summed E-state index contributed by atoms with van der Waals surface area (Å²) in [5, 5.41) is 0.522. The molecule has 2 fully saturated rings. The highest BCUT2D eigenvalue weighted by molar-refractivity contribution is 7.99. The van der Waals surface area contributed by atoms with E-state index >= 15 is 0 Å². The molecule has 0 radical (unpaired) electrons. The van der Waals surface area contributed by atoms with E-state index in [9.17, 15) is 8.42 Å². The summed E-state index contributed by atoms with van der Waals surface area (Å²) in [6, 6.07) is 0. The largest absolute Gasteiger partial charge is 0.382 e. The van der Waals surface area contributed by atoms with Gasteiger partial charge in [0, 0.05) is 24.6 Å². The summed E-state index contributed by atoms with van der Waals surface area (Å²) >= 11 is 3.11. The third-order valence-electron chi connectivity index (χ3n) is 3.20. The first-order valence-electron chi connectivity index (χ1n) is 5.92. The van der Waals surface area contributed by atoms with Crippen molar-refractivity contribution in [2.24, 2.45) is 0 Å². The van der Waals surface area contributed by atoms with Crippen molar-refractivity contribution in [2.45, 2.75) is 23.0 Å². The molecule has 3 rings (SSSR count). The maximum Gasteiger partial charge on any atom is 0.187 e. The Morgan fingerprint density at radius 1 is 1.28 bits per heavy atom. The molecule has 0 amide bonds. The third-order valence-corrected chi connectivity index (χ3v) is 7.52. The molecule has 1 saturated carbocycles. The molecule has 2 N–H and O–H groups in total. The standard InChI is InChI=1S/C10H15N3O2S3/c11-9-8(18(14,15)7-1-2-7)10(17-12-9)13-3-5-16-6-4-13/h7H,1-6H2,(H2,11,12). The monoisotopic (exact) mass is 305 g/mol. The number of hydrogen-bond donors (Lipinski definition) is 1. The second-order valence-corrected chi connectivity index (χ2v) is 8.69. The van der Waals surface area contributed by atoms with Crippen LogP contribution >= 0.6 is 23.3 Å². The molecule has 0 bridgehead atoms. The molecule has 1 aliphatic heterocycles. The number of anilines is 2. The first kappa shape index (κ1) is 12.6. The maximum atomic E-state index is 12.4. The molecule has 1 aromatic rings. The quantitative estimate of drug-likeness (QED) is 0.905. The van der Waals surface area contributed by atoms with E-state index in [0.29, 0.717) is 4.90 Å². The van der Waals surface area contributed by atoms with Crippen LogP contribution in [-0.2, 0) is 9.84 Å². The Hall–Kier alpha value is -0.470. The van der Waals surface area contributed by atoms with E-state index in [4.69, 9.17) is 5.73 Å². The highest BCUT2D eigenvalue weighted by Crippen LogP contribution is 2.42. The van der Waals surface area contributed by atoms with Gasteiger partial charge in [-0.05, 0) is 24.4 Å². The molecular formula is C10H15N3O2S3. The van der Waals surface area contributed by atoms with Crippen LogP contribution in [0.5, 0.6) is 0 Å². The summed E-state index contributed by atoms with van der Waals surface area (Å²) in [6.07, 6.45) is 1.51. The van der Waals surface area contributed by atoms with Crippen molar-refractivity contribution in [3.05, 3.63) is 0 Å². The van der Waals surface area contributed by atoms with Gasteiger partial charge in [0.2, 0.25) is 0 Å². The molecule has 1 saturated heterocycles. The molecule has 100 valence electrons. The summed E-state index contributed by atoms with van der Waals surface area (Å²) < 4.78 is 28.8. The number of sulfone groups is 1. The molecule has 0 atom stereocenters. The lowest BCUT2D eigenvalue weighted by Crippen LogP contribution is -2.33. The Kier molecular flexibility index (Phi) is 3.19. The van der Waals surface area contributed by atoms with Crippen LogP contribution in [0.25, 0.3) is 0 Å². The molecule has 1 aromatic heterocycles. The number of nitrogens with zero attached hydrogens (tertiary/aromatic N) is 2. The van der Waals surface area contributed by atoms with Gasteiger partial charge in [0.05, 0.1) is 5.25 Å². The summed E-state index contributed by atoms with van der Waals surface area (Å²) in [4.78, 5) is 2.40. The fraction of sp³-hybridized carbons (Fsp3) is 0.700. The molecule has 0 unspecified atom stereocenters. The predicted octanol–water partition coefficient (Wildman–Crippen LogP) is 1.21. The van der Waals surface area contributed by atoms with E-state index < -0.39 is 9.84 Å². The van der Waals surface area contributed by atoms with Crippen LogP contribution in [0, 0.1) is 0 Å². The number of thioether (sulfide) groups is 1. The van der Waals surface area contributed by atoms with Gasteiger partial charge >= 0.3 is 0 Å². The van der Waals surface area contributed by atoms with Crippen LogP contribution in [0.1, 0.15) is 12.8 Å². The van der Waals surface area contributed by atoms with Gasteiger partial charge in [-0.2, -0.15) is 16.1 Å². The van der Waals surface area contributed by atoms with Gasteiger partial charge in [0.25, 0.3) is 0 Å². The van der Waals surface area contributed by atoms with Crippen LogP contribution in [0.2, 0.25) is 0 Å². The van der Waals surface area contributed by atoms with Crippen LogP contribution in [0.4, 0.5) is 10.8 Å². The summed E-state index contributed by atoms with van der Waals surface area (Å²) in [5.41, 5.74) is 5.79. The van der Waals surface area contributed by atoms with Crippen molar-refractivity contribution in [3.8, 4) is 0 Å². The second-order valence-electron chi connectivity index (χ2n) is 4.55. The normalized spacial score (nSPS) is 21.2. The Balaban J connectivity index is 2.00. The van der Waals surface area contributed by atoms with E-state index in [0.717, 1.165) is 42.4 Å². The third kappa shape index (κ3) is 2.10. The van der Waals surface area contributed by atoms with Crippen molar-refractivity contribution in [3.63, 3.8) is 0 Å². The average molecular weight is 305 g/mol. The van der Waals surface area contributed by atoms with Crippen molar-refractivity contribution < 1.29 is 8.42 Å². The van der Waals surface area contributed by atoms with Gasteiger partial charge in [0.15, 0.2) is 15.7 Å². The maximum absolute atomic E-state index is 12.4. The Bertz CT molecular complexity index is 545. The Morgan fingerprint density at radius 3 is 2.56 bits per heavy atom. The molecule has 2 heterocycles. The molecule has 18 heavy (non-hydrogen) atoms. The Labute approximate surface area is 115 Å². The highest BCUT2D eigenvalue weighted by Gasteiger charge is 2.41. The van der Waals surface area contributed by atoms with Gasteiger partial charge in [-0.3, -0.25) is 0 Å². The fourth-order valence-electron chi connectivity index (χ4n) is 2.07. The van der Waals surface area contributed by atoms with Gasteiger partial charge in [0.1, 0.15) is 9.90 Å². The zero-order valence-corrected chi connectivity index (χ0v) is 12.3. The minimum absolute atomic E-state index is 0.181. The van der Waals surface area contributed by atoms with E-state index in [-0.39, 0.29) is 11.1 Å². The summed E-state index contributed by atoms with van der Waals surface area (Å²) in [5.74, 6) is 2.24. The Morgan fingerprint density at radius 2 is 1.94 bits per heavy atom. The first-order valence-corrected chi connectivity index (χ1v) is 9.40. The molecule has 1 aliphatic carbocycles. The first-order chi connectivity index (χ1) is 8.60. The topological polar surface area (TPSA) is 76.3 Å². The number of nitrogens with two attached hydrogens (primary N) is 1. The van der Waals surface area contributed by atoms with Gasteiger partial charge < -0.3 is 10.6 Å². The molecule has 8 heteroatoms. The summed E-state index contributed by atoms with van der Waals surface area (Å²) in [6.45, 7) is 1.75. The zero-order chi connectivity index (χ0) is 12.8. The average Bonchev–Trinajstić information content (AvgIpc) is 3.14. The minimum Gasteiger partial charge on any atom is -0.382 e. The number of aromatic nitrogens is 1. The van der Waals surface area contributed by atoms with Crippen LogP contribution in [0.3, 0.4) is 0 Å². The van der Waals surface area contributed by atoms with Crippen LogP contribution in [0.15, 0.2) is 4.90 Å². The SMILES string of the molecule is Nc1nsc(N2CCSCC2)c1S(=O)(=O)C1CC1. The van der Waals surface area contributed by atoms with Crippen molar-refractivity contribution in [1.82, 2.24) is 4.37 Å². The van der Waals surface area contributed by atoms with E-state index in [2.05, 4.69) is 9.27 Å². The van der Waals surface area contributed by atoms with E-state index in [1.54, 1.807) is 0 Å². The van der Waals surface area contributed by atoms with E-state index in [1.807, 2.05) is 11.8 Å². The molecule has 2 aliphatic rings.